The Hall–Kier alpha value is -7.19. The van der Waals surface area contributed by atoms with Gasteiger partial charge in [-0.05, 0) is 0 Å². The summed E-state index contributed by atoms with van der Waals surface area (Å²) in [5, 5.41) is 3.34. The van der Waals surface area contributed by atoms with Gasteiger partial charge in [-0.3, -0.25) is 9.59 Å². The summed E-state index contributed by atoms with van der Waals surface area (Å²) in [5.41, 5.74) is 3.81. The average Bonchev–Trinajstić information content (AvgIpc) is 1.33. The summed E-state index contributed by atoms with van der Waals surface area (Å²) in [6.45, 7) is 10.9. The molecule has 114 heavy (non-hydrogen) atoms. The van der Waals surface area contributed by atoms with Gasteiger partial charge >= 0.3 is 606 Å². The van der Waals surface area contributed by atoms with Gasteiger partial charge in [-0.15, -0.1) is 5.06 Å². The summed E-state index contributed by atoms with van der Waals surface area (Å²) in [7, 11) is -37.2. The Balaban J connectivity index is 0.966. The molecule has 1 saturated heterocycles. The third-order valence-electron chi connectivity index (χ3n) is 22.8. The summed E-state index contributed by atoms with van der Waals surface area (Å²) in [6.07, 6.45) is 1.58. The molecule has 13 rings (SSSR count). The van der Waals surface area contributed by atoms with E-state index in [1.165, 1.54) is 0 Å². The molecule has 0 radical (unpaired) electrons. The third-order valence-corrected chi connectivity index (χ3v) is 43.5. The molecule has 0 aliphatic carbocycles. The molecular formula is C72H99N11O23S5Si3+2. The number of hydrogen-bond acceptors (Lipinski definition) is 22. The van der Waals surface area contributed by atoms with Crippen molar-refractivity contribution in [1.82, 2.24) is 13.5 Å². The number of rotatable bonds is 46. The number of benzene rings is 4. The molecule has 1 spiro atoms. The van der Waals surface area contributed by atoms with Gasteiger partial charge in [-0.25, -0.2) is 4.79 Å². The fourth-order valence-electron chi connectivity index (χ4n) is 18.3. The van der Waals surface area contributed by atoms with E-state index in [1.54, 1.807) is 0 Å². The summed E-state index contributed by atoms with van der Waals surface area (Å²) in [6, 6.07) is 32.3. The number of aromatic nitrogens is 2. The first-order valence-electron chi connectivity index (χ1n) is 38.5. The molecule has 1 fully saturated rings. The van der Waals surface area contributed by atoms with E-state index < -0.39 is 122 Å². The predicted octanol–water partition coefficient (Wildman–Crippen LogP) is 6.16. The number of quaternary nitrogens is 2. The van der Waals surface area contributed by atoms with Crippen LogP contribution in [-0.2, 0) is 87.5 Å². The van der Waals surface area contributed by atoms with Gasteiger partial charge < -0.3 is 4.84 Å². The molecule has 0 bridgehead atoms. The van der Waals surface area contributed by atoms with Gasteiger partial charge in [-0.1, -0.05) is 0 Å². The molecule has 7 aliphatic heterocycles. The molecule has 9 heterocycles. The molecule has 6 aromatic rings. The van der Waals surface area contributed by atoms with Crippen molar-refractivity contribution >= 4 is 149 Å². The molecule has 2 aromatic heterocycles. The van der Waals surface area contributed by atoms with Crippen LogP contribution in [0.3, 0.4) is 0 Å². The van der Waals surface area contributed by atoms with Gasteiger partial charge in [0.1, 0.15) is 0 Å². The van der Waals surface area contributed by atoms with Crippen molar-refractivity contribution in [2.45, 2.75) is 128 Å². The summed E-state index contributed by atoms with van der Waals surface area (Å²) >= 11 is 0. The number of unbranched alkanes of at least 4 members (excludes halogenated alkanes) is 4. The van der Waals surface area contributed by atoms with Gasteiger partial charge in [0.05, 0.1) is 13.0 Å². The van der Waals surface area contributed by atoms with E-state index in [-0.39, 0.29) is 119 Å². The minimum atomic E-state index is -7.49. The van der Waals surface area contributed by atoms with Crippen LogP contribution < -0.4 is 11.0 Å². The number of amides is 2. The Labute approximate surface area is 663 Å². The molecule has 4 aromatic carbocycles. The van der Waals surface area contributed by atoms with Crippen LogP contribution in [0.4, 0.5) is 11.6 Å². The Morgan fingerprint density at radius 3 is 1.18 bits per heavy atom. The normalized spacial score (nSPS) is 17.9. The average molecular weight is 1730 g/mol. The monoisotopic (exact) mass is 1730 g/mol. The van der Waals surface area contributed by atoms with Crippen LogP contribution in [0, 0.1) is 0 Å². The van der Waals surface area contributed by atoms with Gasteiger partial charge in [0.15, 0.2) is 0 Å². The number of amidine groups is 4. The van der Waals surface area contributed by atoms with Crippen LogP contribution in [0.25, 0.3) is 21.5 Å². The van der Waals surface area contributed by atoms with E-state index in [0.29, 0.717) is 122 Å². The zero-order valence-electron chi connectivity index (χ0n) is 64.1. The van der Waals surface area contributed by atoms with Crippen molar-refractivity contribution in [3.63, 3.8) is 0 Å². The quantitative estimate of drug-likeness (QED) is 0.00938. The molecule has 0 unspecified atom stereocenters. The third kappa shape index (κ3) is 16.5. The zero-order chi connectivity index (χ0) is 81.8. The van der Waals surface area contributed by atoms with Crippen LogP contribution >= 0.6 is 0 Å². The molecule has 7 aliphatic rings. The number of carbonyl (C=O) groups excluding carboxylic acids is 3. The number of hydrogen-bond donors (Lipinski definition) is 5. The number of hydroxylamine groups is 2. The number of nitrogens with zero attached hydrogens (tertiary/aromatic N) is 11. The van der Waals surface area contributed by atoms with Gasteiger partial charge in [0.2, 0.25) is 0 Å². The van der Waals surface area contributed by atoms with E-state index in [1.807, 2.05) is 97.1 Å². The van der Waals surface area contributed by atoms with Gasteiger partial charge in [-0.2, -0.15) is 0 Å². The van der Waals surface area contributed by atoms with E-state index >= 15 is 0 Å². The van der Waals surface area contributed by atoms with Crippen LogP contribution in [0.2, 0.25) is 38.3 Å². The van der Waals surface area contributed by atoms with E-state index in [0.717, 1.165) is 43.8 Å². The molecular weight excluding hydrogens is 1630 g/mol. The van der Waals surface area contributed by atoms with E-state index in [9.17, 15) is 87.5 Å². The van der Waals surface area contributed by atoms with Crippen molar-refractivity contribution in [3.05, 3.63) is 130 Å². The molecule has 0 atom stereocenters. The second-order valence-electron chi connectivity index (χ2n) is 32.0. The zero-order valence-corrected chi connectivity index (χ0v) is 71.2. The second kappa shape index (κ2) is 31.6. The van der Waals surface area contributed by atoms with Crippen molar-refractivity contribution in [2.75, 3.05) is 108 Å². The fraction of sp³-hybridized carbons (Fsp3) is 0.514. The van der Waals surface area contributed by atoms with Crippen molar-refractivity contribution in [1.29, 1.82) is 0 Å². The van der Waals surface area contributed by atoms with Crippen LogP contribution in [0.15, 0.2) is 117 Å². The van der Waals surface area contributed by atoms with Crippen LogP contribution in [0.5, 0.6) is 0 Å². The number of carbonyl (C=O) groups is 3. The Morgan fingerprint density at radius 1 is 0.430 bits per heavy atom. The number of fused-ring (bicyclic) bond motifs is 12. The fourth-order valence-corrected chi connectivity index (χ4v) is 43.3. The van der Waals surface area contributed by atoms with E-state index in [2.05, 4.69) is 43.1 Å². The van der Waals surface area contributed by atoms with E-state index in [4.69, 9.17) is 34.3 Å². The first-order valence-corrected chi connectivity index (χ1v) is 55.4. The molecule has 620 valence electrons. The summed E-state index contributed by atoms with van der Waals surface area (Å²) < 4.78 is 213. The number of ether oxygens (including phenoxy) is 2. The van der Waals surface area contributed by atoms with Crippen molar-refractivity contribution < 1.29 is 119 Å². The number of imide groups is 1. The second-order valence-corrected chi connectivity index (χ2v) is 54.2. The first kappa shape index (κ1) is 84.7. The van der Waals surface area contributed by atoms with Gasteiger partial charge in [0.25, 0.3) is 11.8 Å². The molecule has 34 nitrogen and oxygen atoms in total. The maximum atomic E-state index is 12.6. The Kier molecular flexibility index (Phi) is 23.5. The molecule has 5 N–H and O–H groups in total. The Bertz CT molecular complexity index is 5520. The van der Waals surface area contributed by atoms with Crippen LogP contribution in [0.1, 0.15) is 112 Å². The molecule has 42 heteroatoms. The SMILES string of the molecule is C[Si](C)(CCC[N+](CCCCS(=O)(=O)O)(CCCCS(=O)(=O)O)CCCS(=O)(=O)O)O[Si-2]123(O[Si](C)(C)CCC[N+](CCCCS(=O)(=O)O)(CCCCS(=O)(=O)O)CCOCCOCCC(=O)ON4C(=O)CCC4=O)n4c5c6ccccc6c4N=C4c6ccccc6C(=[N+]41)N=c1c4ccccc4c(n12)=NC1=[N+]3C(=N5)c2ccccc21. The maximum absolute atomic E-state index is 12.6. The summed E-state index contributed by atoms with van der Waals surface area (Å²) in [5.74, 6) is -2.03. The first-order chi connectivity index (χ1) is 53.7. The van der Waals surface area contributed by atoms with Crippen molar-refractivity contribution in [2.24, 2.45) is 20.0 Å². The Morgan fingerprint density at radius 2 is 0.772 bits per heavy atom. The molecule has 0 saturated carbocycles. The number of aliphatic imine (C=N–C) groups is 2. The standard InChI is InChI=1S/C72H97N11O23S5Si3/c1-112(2,52-22-40-82(39-21-51-111(99,100)101,35-13-17-47-107(87,88)89)36-14-18-48-108(90,91)92)105-114(106-113(3,4)53-23-41-83(37-15-19-49-109(93,94)95,38-16-20-50-110(96,97)98)42-44-103-46-45-102-43-34-64(86)104-77-62(84)32-33-63(77)85)78-65-54-24-5-6-25-55(54)66(78)74-68-58-28-9-10-29-59(58)70(80(68)114)76-72-61-31-12-11-30-60(61)71(81(72)114)75-69-57-27-8-7-26-56(57)67(73-65)79(69)114/h5-12,24-31H,13-23,32-53H2,1-4H3,(H3-2,87,88,89,90,91,92,93,94,95,96,97,98,99,100,101)/p+2. The predicted molar refractivity (Wildman–Crippen MR) is 429 cm³/mol. The minimum absolute atomic E-state index is 0.0238. The topological polar surface area (TPSA) is 438 Å². The van der Waals surface area contributed by atoms with Gasteiger partial charge in [0, 0.05) is 12.8 Å². The molecule has 2 amide bonds. The van der Waals surface area contributed by atoms with Crippen molar-refractivity contribution in [3.8, 4) is 0 Å². The van der Waals surface area contributed by atoms with Crippen LogP contribution in [-0.4, -0.2) is 269 Å². The summed E-state index contributed by atoms with van der Waals surface area (Å²) in [4.78, 5) is 65.1.